The molecule has 0 spiro atoms. The van der Waals surface area contributed by atoms with Crippen LogP contribution in [0.15, 0.2) is 23.1 Å². The van der Waals surface area contributed by atoms with E-state index in [1.807, 2.05) is 13.8 Å². The fourth-order valence-electron chi connectivity index (χ4n) is 1.73. The standard InChI is InChI=1S/C12H20N2O3S/c1-4-5-9(2)14-18(15,16)12-7-6-10(13)8-11(12)17-3/h6-9,14H,4-5,13H2,1-3H3. The van der Waals surface area contributed by atoms with Gasteiger partial charge in [-0.3, -0.25) is 0 Å². The maximum Gasteiger partial charge on any atom is 0.244 e. The van der Waals surface area contributed by atoms with Crippen LogP contribution in [0.3, 0.4) is 0 Å². The van der Waals surface area contributed by atoms with Crippen LogP contribution >= 0.6 is 0 Å². The average Bonchev–Trinajstić information content (AvgIpc) is 2.27. The molecule has 0 aliphatic carbocycles. The molecule has 0 radical (unpaired) electrons. The zero-order valence-corrected chi connectivity index (χ0v) is 11.8. The predicted molar refractivity (Wildman–Crippen MR) is 72.1 cm³/mol. The quantitative estimate of drug-likeness (QED) is 0.773. The largest absolute Gasteiger partial charge is 0.495 e. The van der Waals surface area contributed by atoms with Crippen molar-refractivity contribution < 1.29 is 13.2 Å². The fraction of sp³-hybridized carbons (Fsp3) is 0.500. The van der Waals surface area contributed by atoms with Gasteiger partial charge in [0.2, 0.25) is 10.0 Å². The highest BCUT2D eigenvalue weighted by molar-refractivity contribution is 7.89. The minimum absolute atomic E-state index is 0.109. The highest BCUT2D eigenvalue weighted by Crippen LogP contribution is 2.26. The number of ether oxygens (including phenoxy) is 1. The molecule has 1 aromatic carbocycles. The van der Waals surface area contributed by atoms with Crippen molar-refractivity contribution in [1.29, 1.82) is 0 Å². The molecule has 0 bridgehead atoms. The van der Waals surface area contributed by atoms with Crippen LogP contribution in [0.4, 0.5) is 5.69 Å². The fourth-order valence-corrected chi connectivity index (χ4v) is 3.16. The molecule has 1 rings (SSSR count). The Bertz CT molecular complexity index is 500. The van der Waals surface area contributed by atoms with Gasteiger partial charge in [0.05, 0.1) is 7.11 Å². The number of methoxy groups -OCH3 is 1. The number of nitrogen functional groups attached to an aromatic ring is 1. The van der Waals surface area contributed by atoms with Crippen LogP contribution in [0, 0.1) is 0 Å². The molecule has 0 heterocycles. The summed E-state index contributed by atoms with van der Waals surface area (Å²) in [5.74, 6) is 0.256. The molecular weight excluding hydrogens is 252 g/mol. The maximum absolute atomic E-state index is 12.2. The van der Waals surface area contributed by atoms with E-state index in [1.165, 1.54) is 19.2 Å². The van der Waals surface area contributed by atoms with Crippen LogP contribution in [-0.2, 0) is 10.0 Å². The minimum Gasteiger partial charge on any atom is -0.495 e. The first-order valence-electron chi connectivity index (χ1n) is 5.86. The molecule has 0 aromatic heterocycles. The first-order chi connectivity index (χ1) is 8.40. The molecule has 1 aromatic rings. The summed E-state index contributed by atoms with van der Waals surface area (Å²) in [7, 11) is -2.15. The van der Waals surface area contributed by atoms with Crippen LogP contribution in [0.2, 0.25) is 0 Å². The second-order valence-corrected chi connectivity index (χ2v) is 5.90. The Hall–Kier alpha value is -1.27. The number of nitrogens with two attached hydrogens (primary N) is 1. The summed E-state index contributed by atoms with van der Waals surface area (Å²) < 4.78 is 32.0. The summed E-state index contributed by atoms with van der Waals surface area (Å²) in [6.45, 7) is 3.85. The van der Waals surface area contributed by atoms with Gasteiger partial charge in [-0.05, 0) is 25.5 Å². The molecule has 0 aliphatic heterocycles. The molecule has 0 saturated heterocycles. The third-order valence-electron chi connectivity index (χ3n) is 2.56. The zero-order chi connectivity index (χ0) is 13.8. The molecule has 18 heavy (non-hydrogen) atoms. The van der Waals surface area contributed by atoms with Gasteiger partial charge in [-0.1, -0.05) is 13.3 Å². The summed E-state index contributed by atoms with van der Waals surface area (Å²) in [5.41, 5.74) is 6.07. The van der Waals surface area contributed by atoms with E-state index >= 15 is 0 Å². The van der Waals surface area contributed by atoms with Gasteiger partial charge in [0, 0.05) is 17.8 Å². The lowest BCUT2D eigenvalue weighted by Crippen LogP contribution is -2.32. The van der Waals surface area contributed by atoms with Crippen LogP contribution in [0.25, 0.3) is 0 Å². The molecular formula is C12H20N2O3S. The van der Waals surface area contributed by atoms with Gasteiger partial charge in [-0.25, -0.2) is 13.1 Å². The Labute approximate surface area is 108 Å². The summed E-state index contributed by atoms with van der Waals surface area (Å²) in [4.78, 5) is 0.113. The van der Waals surface area contributed by atoms with E-state index in [4.69, 9.17) is 10.5 Å². The van der Waals surface area contributed by atoms with Crippen molar-refractivity contribution in [3.05, 3.63) is 18.2 Å². The van der Waals surface area contributed by atoms with Crippen LogP contribution in [-0.4, -0.2) is 21.6 Å². The molecule has 0 saturated carbocycles. The number of hydrogen-bond donors (Lipinski definition) is 2. The lowest BCUT2D eigenvalue weighted by molar-refractivity contribution is 0.402. The van der Waals surface area contributed by atoms with Gasteiger partial charge in [0.15, 0.2) is 0 Å². The Morgan fingerprint density at radius 2 is 2.11 bits per heavy atom. The average molecular weight is 272 g/mol. The molecule has 1 atom stereocenters. The summed E-state index contributed by atoms with van der Waals surface area (Å²) in [6, 6.07) is 4.39. The lowest BCUT2D eigenvalue weighted by Gasteiger charge is -2.15. The highest BCUT2D eigenvalue weighted by Gasteiger charge is 2.21. The molecule has 5 nitrogen and oxygen atoms in total. The van der Waals surface area contributed by atoms with E-state index in [1.54, 1.807) is 6.07 Å². The second kappa shape index (κ2) is 6.06. The molecule has 1 unspecified atom stereocenters. The summed E-state index contributed by atoms with van der Waals surface area (Å²) in [6.07, 6.45) is 1.71. The van der Waals surface area contributed by atoms with Gasteiger partial charge in [-0.15, -0.1) is 0 Å². The number of rotatable bonds is 6. The number of hydrogen-bond acceptors (Lipinski definition) is 4. The van der Waals surface area contributed by atoms with E-state index in [9.17, 15) is 8.42 Å². The molecule has 6 heteroatoms. The zero-order valence-electron chi connectivity index (χ0n) is 10.9. The van der Waals surface area contributed by atoms with E-state index < -0.39 is 10.0 Å². The first kappa shape index (κ1) is 14.8. The van der Waals surface area contributed by atoms with Crippen LogP contribution < -0.4 is 15.2 Å². The van der Waals surface area contributed by atoms with Crippen molar-refractivity contribution in [3.63, 3.8) is 0 Å². The topological polar surface area (TPSA) is 81.4 Å². The van der Waals surface area contributed by atoms with Gasteiger partial charge in [0.1, 0.15) is 10.6 Å². The first-order valence-corrected chi connectivity index (χ1v) is 7.35. The Morgan fingerprint density at radius 3 is 2.67 bits per heavy atom. The maximum atomic E-state index is 12.2. The normalized spacial score (nSPS) is 13.3. The van der Waals surface area contributed by atoms with Crippen molar-refractivity contribution in [2.24, 2.45) is 0 Å². The molecule has 3 N–H and O–H groups in total. The molecule has 102 valence electrons. The van der Waals surface area contributed by atoms with E-state index in [0.717, 1.165) is 12.8 Å². The minimum atomic E-state index is -3.57. The van der Waals surface area contributed by atoms with Crippen molar-refractivity contribution >= 4 is 15.7 Å². The Balaban J connectivity index is 3.05. The predicted octanol–water partition coefficient (Wildman–Crippen LogP) is 1.74. The molecule has 0 amide bonds. The summed E-state index contributed by atoms with van der Waals surface area (Å²) >= 11 is 0. The second-order valence-electron chi connectivity index (χ2n) is 4.22. The van der Waals surface area contributed by atoms with Crippen molar-refractivity contribution in [2.45, 2.75) is 37.6 Å². The lowest BCUT2D eigenvalue weighted by atomic mass is 10.2. The van der Waals surface area contributed by atoms with Crippen molar-refractivity contribution in [1.82, 2.24) is 4.72 Å². The van der Waals surface area contributed by atoms with Crippen LogP contribution in [0.1, 0.15) is 26.7 Å². The van der Waals surface area contributed by atoms with E-state index in [2.05, 4.69) is 4.72 Å². The third kappa shape index (κ3) is 3.61. The Kier molecular flexibility index (Phi) is 4.98. The van der Waals surface area contributed by atoms with Gasteiger partial charge in [0.25, 0.3) is 0 Å². The SMILES string of the molecule is CCCC(C)NS(=O)(=O)c1ccc(N)cc1OC. The number of anilines is 1. The van der Waals surface area contributed by atoms with E-state index in [-0.39, 0.29) is 16.7 Å². The van der Waals surface area contributed by atoms with Crippen molar-refractivity contribution in [2.75, 3.05) is 12.8 Å². The molecule has 0 aliphatic rings. The van der Waals surface area contributed by atoms with Crippen molar-refractivity contribution in [3.8, 4) is 5.75 Å². The van der Waals surface area contributed by atoms with E-state index in [0.29, 0.717) is 5.69 Å². The number of nitrogens with one attached hydrogen (secondary N) is 1. The monoisotopic (exact) mass is 272 g/mol. The van der Waals surface area contributed by atoms with Crippen LogP contribution in [0.5, 0.6) is 5.75 Å². The summed E-state index contributed by atoms with van der Waals surface area (Å²) in [5, 5.41) is 0. The number of benzene rings is 1. The van der Waals surface area contributed by atoms with Gasteiger partial charge in [-0.2, -0.15) is 0 Å². The highest BCUT2D eigenvalue weighted by atomic mass is 32.2. The third-order valence-corrected chi connectivity index (χ3v) is 4.18. The smallest absolute Gasteiger partial charge is 0.244 e. The van der Waals surface area contributed by atoms with Gasteiger partial charge >= 0.3 is 0 Å². The van der Waals surface area contributed by atoms with Gasteiger partial charge < -0.3 is 10.5 Å². The Morgan fingerprint density at radius 1 is 1.44 bits per heavy atom. The number of sulfonamides is 1. The molecule has 0 fully saturated rings.